The van der Waals surface area contributed by atoms with Crippen LogP contribution in [0.15, 0.2) is 17.5 Å². The van der Waals surface area contributed by atoms with Gasteiger partial charge in [-0.3, -0.25) is 4.79 Å². The molecule has 1 rings (SSSR count). The maximum absolute atomic E-state index is 11.0. The van der Waals surface area contributed by atoms with E-state index in [0.29, 0.717) is 6.54 Å². The fourth-order valence-electron chi connectivity index (χ4n) is 1.33. The normalized spacial score (nSPS) is 11.4. The van der Waals surface area contributed by atoms with Gasteiger partial charge in [-0.25, -0.2) is 0 Å². The van der Waals surface area contributed by atoms with Gasteiger partial charge in [0, 0.05) is 23.9 Å². The van der Waals surface area contributed by atoms with E-state index in [2.05, 4.69) is 42.0 Å². The van der Waals surface area contributed by atoms with Crippen molar-refractivity contribution in [2.24, 2.45) is 0 Å². The minimum absolute atomic E-state index is 0.0250. The van der Waals surface area contributed by atoms with Gasteiger partial charge < -0.3 is 10.6 Å². The van der Waals surface area contributed by atoms with Gasteiger partial charge in [-0.1, -0.05) is 19.9 Å². The number of carbonyl (C=O) groups excluding carboxylic acids is 1. The molecule has 0 fully saturated rings. The van der Waals surface area contributed by atoms with Crippen LogP contribution in [0, 0.1) is 0 Å². The van der Waals surface area contributed by atoms with Gasteiger partial charge in [0.2, 0.25) is 5.91 Å². The third kappa shape index (κ3) is 3.64. The quantitative estimate of drug-likeness (QED) is 0.796. The molecule has 1 heterocycles. The van der Waals surface area contributed by atoms with Crippen LogP contribution in [0.5, 0.6) is 0 Å². The van der Waals surface area contributed by atoms with E-state index in [1.807, 2.05) is 0 Å². The summed E-state index contributed by atoms with van der Waals surface area (Å²) in [5, 5.41) is 7.83. The third-order valence-corrected chi connectivity index (χ3v) is 3.56. The number of carbonyl (C=O) groups is 1. The number of thiophene rings is 1. The minimum atomic E-state index is 0.0250. The van der Waals surface area contributed by atoms with Crippen LogP contribution in [0.4, 0.5) is 0 Å². The number of likely N-dealkylation sites (N-methyl/N-ethyl adjacent to an activating group) is 1. The molecule has 2 N–H and O–H groups in total. The summed E-state index contributed by atoms with van der Waals surface area (Å²) in [7, 11) is 1.65. The van der Waals surface area contributed by atoms with Crippen LogP contribution >= 0.6 is 11.3 Å². The topological polar surface area (TPSA) is 41.1 Å². The van der Waals surface area contributed by atoms with Gasteiger partial charge in [0.05, 0.1) is 6.54 Å². The van der Waals surface area contributed by atoms with Crippen LogP contribution < -0.4 is 10.6 Å². The van der Waals surface area contributed by atoms with Crippen molar-refractivity contribution in [3.8, 4) is 0 Å². The van der Waals surface area contributed by atoms with Crippen LogP contribution in [-0.4, -0.2) is 26.0 Å². The molecular formula is C11H18N2OS. The van der Waals surface area contributed by atoms with Crippen molar-refractivity contribution in [1.29, 1.82) is 0 Å². The van der Waals surface area contributed by atoms with Crippen LogP contribution in [0.1, 0.15) is 18.7 Å². The maximum Gasteiger partial charge on any atom is 0.233 e. The Hall–Kier alpha value is -0.870. The molecule has 0 radical (unpaired) electrons. The average Bonchev–Trinajstić information content (AvgIpc) is 2.70. The van der Waals surface area contributed by atoms with Crippen molar-refractivity contribution >= 4 is 17.2 Å². The molecule has 0 atom stereocenters. The SMILES string of the molecule is CNC(=O)CNCC(C)(C)c1cccs1. The monoisotopic (exact) mass is 226 g/mol. The van der Waals surface area contributed by atoms with Crippen molar-refractivity contribution in [1.82, 2.24) is 10.6 Å². The summed E-state index contributed by atoms with van der Waals surface area (Å²) in [4.78, 5) is 12.4. The predicted octanol–water partition coefficient (Wildman–Crippen LogP) is 1.36. The molecule has 84 valence electrons. The Morgan fingerprint density at radius 1 is 1.53 bits per heavy atom. The molecule has 0 saturated carbocycles. The highest BCUT2D eigenvalue weighted by Crippen LogP contribution is 2.26. The summed E-state index contributed by atoms with van der Waals surface area (Å²) in [5.74, 6) is 0.0250. The van der Waals surface area contributed by atoms with Crippen LogP contribution in [0.2, 0.25) is 0 Å². The van der Waals surface area contributed by atoms with Gasteiger partial charge in [-0.15, -0.1) is 11.3 Å². The number of nitrogens with one attached hydrogen (secondary N) is 2. The largest absolute Gasteiger partial charge is 0.358 e. The molecule has 0 aliphatic heterocycles. The first-order valence-corrected chi connectivity index (χ1v) is 5.89. The highest BCUT2D eigenvalue weighted by molar-refractivity contribution is 7.10. The first-order chi connectivity index (χ1) is 7.06. The molecule has 1 aromatic rings. The lowest BCUT2D eigenvalue weighted by Gasteiger charge is -2.23. The highest BCUT2D eigenvalue weighted by Gasteiger charge is 2.21. The van der Waals surface area contributed by atoms with E-state index < -0.39 is 0 Å². The molecular weight excluding hydrogens is 208 g/mol. The molecule has 1 aromatic heterocycles. The van der Waals surface area contributed by atoms with Gasteiger partial charge in [-0.05, 0) is 11.4 Å². The van der Waals surface area contributed by atoms with Crippen LogP contribution in [-0.2, 0) is 10.2 Å². The lowest BCUT2D eigenvalue weighted by molar-refractivity contribution is -0.119. The standard InChI is InChI=1S/C11H18N2OS/c1-11(2,9-5-4-6-15-9)8-13-7-10(14)12-3/h4-6,13H,7-8H2,1-3H3,(H,12,14). The van der Waals surface area contributed by atoms with Crippen LogP contribution in [0.25, 0.3) is 0 Å². The molecule has 4 heteroatoms. The fraction of sp³-hybridized carbons (Fsp3) is 0.545. The molecule has 0 aromatic carbocycles. The zero-order chi connectivity index (χ0) is 11.3. The van der Waals surface area contributed by atoms with Gasteiger partial charge in [-0.2, -0.15) is 0 Å². The number of rotatable bonds is 5. The Morgan fingerprint density at radius 2 is 2.27 bits per heavy atom. The Balaban J connectivity index is 2.41. The molecule has 15 heavy (non-hydrogen) atoms. The van der Waals surface area contributed by atoms with E-state index in [1.54, 1.807) is 18.4 Å². The fourth-order valence-corrected chi connectivity index (χ4v) is 2.18. The summed E-state index contributed by atoms with van der Waals surface area (Å²) in [6.07, 6.45) is 0. The summed E-state index contributed by atoms with van der Waals surface area (Å²) < 4.78 is 0. The van der Waals surface area contributed by atoms with Crippen molar-refractivity contribution in [2.75, 3.05) is 20.1 Å². The molecule has 0 saturated heterocycles. The summed E-state index contributed by atoms with van der Waals surface area (Å²) in [6, 6.07) is 4.19. The average molecular weight is 226 g/mol. The van der Waals surface area contributed by atoms with Gasteiger partial charge >= 0.3 is 0 Å². The van der Waals surface area contributed by atoms with Gasteiger partial charge in [0.25, 0.3) is 0 Å². The van der Waals surface area contributed by atoms with E-state index in [1.165, 1.54) is 4.88 Å². The Bertz CT molecular complexity index is 306. The van der Waals surface area contributed by atoms with E-state index >= 15 is 0 Å². The van der Waals surface area contributed by atoms with Crippen molar-refractivity contribution < 1.29 is 4.79 Å². The van der Waals surface area contributed by atoms with E-state index in [0.717, 1.165) is 6.54 Å². The molecule has 1 amide bonds. The summed E-state index contributed by atoms with van der Waals surface area (Å²) in [5.41, 5.74) is 0.0855. The Kier molecular flexibility index (Phi) is 4.29. The van der Waals surface area contributed by atoms with Crippen LogP contribution in [0.3, 0.4) is 0 Å². The van der Waals surface area contributed by atoms with Gasteiger partial charge in [0.15, 0.2) is 0 Å². The minimum Gasteiger partial charge on any atom is -0.358 e. The second-order valence-electron chi connectivity index (χ2n) is 4.14. The second-order valence-corrected chi connectivity index (χ2v) is 5.09. The maximum atomic E-state index is 11.0. The second kappa shape index (κ2) is 5.28. The molecule has 0 spiro atoms. The lowest BCUT2D eigenvalue weighted by Crippen LogP contribution is -2.38. The lowest BCUT2D eigenvalue weighted by atomic mass is 9.91. The van der Waals surface area contributed by atoms with Crippen molar-refractivity contribution in [3.05, 3.63) is 22.4 Å². The first kappa shape index (κ1) is 12.2. The van der Waals surface area contributed by atoms with Gasteiger partial charge in [0.1, 0.15) is 0 Å². The zero-order valence-corrected chi connectivity index (χ0v) is 10.3. The van der Waals surface area contributed by atoms with E-state index in [4.69, 9.17) is 0 Å². The van der Waals surface area contributed by atoms with E-state index in [9.17, 15) is 4.79 Å². The molecule has 3 nitrogen and oxygen atoms in total. The number of hydrogen-bond donors (Lipinski definition) is 2. The predicted molar refractivity (Wildman–Crippen MR) is 64.3 cm³/mol. The highest BCUT2D eigenvalue weighted by atomic mass is 32.1. The Morgan fingerprint density at radius 3 is 2.80 bits per heavy atom. The van der Waals surface area contributed by atoms with E-state index in [-0.39, 0.29) is 11.3 Å². The number of amides is 1. The summed E-state index contributed by atoms with van der Waals surface area (Å²) >= 11 is 1.75. The van der Waals surface area contributed by atoms with Crippen molar-refractivity contribution in [2.45, 2.75) is 19.3 Å². The molecule has 0 bridgehead atoms. The third-order valence-electron chi connectivity index (χ3n) is 2.32. The first-order valence-electron chi connectivity index (χ1n) is 5.01. The molecule has 0 aliphatic carbocycles. The molecule has 0 unspecified atom stereocenters. The zero-order valence-electron chi connectivity index (χ0n) is 9.46. The summed E-state index contributed by atoms with van der Waals surface area (Å²) in [6.45, 7) is 5.54. The van der Waals surface area contributed by atoms with Crippen molar-refractivity contribution in [3.63, 3.8) is 0 Å². The smallest absolute Gasteiger partial charge is 0.233 e. The Labute approximate surface area is 94.9 Å². The number of hydrogen-bond acceptors (Lipinski definition) is 3. The molecule has 0 aliphatic rings.